The largest absolute Gasteiger partial charge is 0.496 e. The first-order valence-electron chi connectivity index (χ1n) is 6.34. The van der Waals surface area contributed by atoms with E-state index in [1.165, 1.54) is 12.3 Å². The predicted molar refractivity (Wildman–Crippen MR) is 84.5 cm³/mol. The number of methoxy groups -OCH3 is 1. The van der Waals surface area contributed by atoms with E-state index in [9.17, 15) is 4.79 Å². The number of amides is 1. The van der Waals surface area contributed by atoms with Crippen molar-refractivity contribution in [2.24, 2.45) is 0 Å². The molecule has 5 heteroatoms. The van der Waals surface area contributed by atoms with Gasteiger partial charge in [-0.2, -0.15) is 0 Å². The van der Waals surface area contributed by atoms with E-state index in [-0.39, 0.29) is 5.91 Å². The molecule has 1 aromatic heterocycles. The predicted octanol–water partition coefficient (Wildman–Crippen LogP) is 3.79. The van der Waals surface area contributed by atoms with Crippen LogP contribution in [0.15, 0.2) is 48.7 Å². The Balaban J connectivity index is 2.14. The van der Waals surface area contributed by atoms with Crippen LogP contribution in [0.25, 0.3) is 5.57 Å². The number of rotatable bonds is 4. The Kier molecular flexibility index (Phi) is 4.95. The summed E-state index contributed by atoms with van der Waals surface area (Å²) in [4.78, 5) is 15.9. The van der Waals surface area contributed by atoms with Crippen LogP contribution in [-0.4, -0.2) is 18.0 Å². The summed E-state index contributed by atoms with van der Waals surface area (Å²) in [6, 6.07) is 10.9. The fraction of sp³-hybridized carbons (Fsp3) is 0.125. The molecule has 0 saturated carbocycles. The summed E-state index contributed by atoms with van der Waals surface area (Å²) in [6.45, 7) is 1.86. The van der Waals surface area contributed by atoms with Crippen molar-refractivity contribution in [3.8, 4) is 5.75 Å². The first-order valence-corrected chi connectivity index (χ1v) is 6.72. The molecule has 2 aromatic rings. The van der Waals surface area contributed by atoms with E-state index in [1.54, 1.807) is 19.2 Å². The van der Waals surface area contributed by atoms with Crippen LogP contribution >= 0.6 is 11.6 Å². The quantitative estimate of drug-likeness (QED) is 0.690. The molecular formula is C16H15ClN2O2. The SMILES string of the molecule is COc1ccccc1C(C)=CC(=O)Nc1ccc(Cl)nc1. The van der Waals surface area contributed by atoms with Crippen molar-refractivity contribution in [3.63, 3.8) is 0 Å². The number of para-hydroxylation sites is 1. The molecular weight excluding hydrogens is 288 g/mol. The van der Waals surface area contributed by atoms with Gasteiger partial charge >= 0.3 is 0 Å². The number of allylic oxidation sites excluding steroid dienone is 1. The van der Waals surface area contributed by atoms with Crippen LogP contribution in [0.1, 0.15) is 12.5 Å². The summed E-state index contributed by atoms with van der Waals surface area (Å²) >= 11 is 5.70. The van der Waals surface area contributed by atoms with Gasteiger partial charge in [0.1, 0.15) is 10.9 Å². The number of carbonyl (C=O) groups excluding carboxylic acids is 1. The van der Waals surface area contributed by atoms with Crippen molar-refractivity contribution in [1.29, 1.82) is 0 Å². The molecule has 0 aliphatic carbocycles. The molecule has 0 radical (unpaired) electrons. The zero-order valence-corrected chi connectivity index (χ0v) is 12.5. The molecule has 1 N–H and O–H groups in total. The lowest BCUT2D eigenvalue weighted by Gasteiger charge is -2.08. The molecule has 0 bridgehead atoms. The molecule has 4 nitrogen and oxygen atoms in total. The summed E-state index contributed by atoms with van der Waals surface area (Å²) in [5.74, 6) is 0.495. The van der Waals surface area contributed by atoms with Crippen LogP contribution in [0.3, 0.4) is 0 Å². The van der Waals surface area contributed by atoms with E-state index >= 15 is 0 Å². The lowest BCUT2D eigenvalue weighted by atomic mass is 10.1. The molecule has 2 rings (SSSR count). The van der Waals surface area contributed by atoms with Gasteiger partial charge in [-0.05, 0) is 30.7 Å². The summed E-state index contributed by atoms with van der Waals surface area (Å²) < 4.78 is 5.28. The summed E-state index contributed by atoms with van der Waals surface area (Å²) in [5.41, 5.74) is 2.28. The number of aromatic nitrogens is 1. The van der Waals surface area contributed by atoms with Gasteiger partial charge in [-0.3, -0.25) is 4.79 Å². The third-order valence-corrected chi connectivity index (χ3v) is 3.10. The highest BCUT2D eigenvalue weighted by Crippen LogP contribution is 2.25. The smallest absolute Gasteiger partial charge is 0.248 e. The zero-order valence-electron chi connectivity index (χ0n) is 11.8. The minimum Gasteiger partial charge on any atom is -0.496 e. The number of carbonyl (C=O) groups is 1. The van der Waals surface area contributed by atoms with E-state index in [0.29, 0.717) is 10.8 Å². The molecule has 1 heterocycles. The van der Waals surface area contributed by atoms with Gasteiger partial charge < -0.3 is 10.1 Å². The van der Waals surface area contributed by atoms with E-state index in [0.717, 1.165) is 16.9 Å². The van der Waals surface area contributed by atoms with Gasteiger partial charge in [0.2, 0.25) is 5.91 Å². The topological polar surface area (TPSA) is 51.2 Å². The molecule has 108 valence electrons. The van der Waals surface area contributed by atoms with Crippen molar-refractivity contribution in [1.82, 2.24) is 4.98 Å². The van der Waals surface area contributed by atoms with Crippen LogP contribution in [0.5, 0.6) is 5.75 Å². The molecule has 1 aromatic carbocycles. The number of halogens is 1. The summed E-state index contributed by atoms with van der Waals surface area (Å²) in [5, 5.41) is 3.11. The van der Waals surface area contributed by atoms with Gasteiger partial charge in [0.05, 0.1) is 19.0 Å². The Morgan fingerprint density at radius 2 is 2.05 bits per heavy atom. The lowest BCUT2D eigenvalue weighted by Crippen LogP contribution is -2.08. The average Bonchev–Trinajstić information content (AvgIpc) is 2.49. The van der Waals surface area contributed by atoms with Crippen molar-refractivity contribution in [2.75, 3.05) is 12.4 Å². The second-order valence-electron chi connectivity index (χ2n) is 4.39. The van der Waals surface area contributed by atoms with Gasteiger partial charge in [0.25, 0.3) is 0 Å². The highest BCUT2D eigenvalue weighted by atomic mass is 35.5. The molecule has 0 aliphatic rings. The van der Waals surface area contributed by atoms with E-state index < -0.39 is 0 Å². The van der Waals surface area contributed by atoms with Crippen molar-refractivity contribution >= 4 is 28.8 Å². The Hall–Kier alpha value is -2.33. The Bertz CT molecular complexity index is 666. The number of anilines is 1. The molecule has 0 spiro atoms. The molecule has 0 aliphatic heterocycles. The lowest BCUT2D eigenvalue weighted by molar-refractivity contribution is -0.111. The third-order valence-electron chi connectivity index (χ3n) is 2.87. The second-order valence-corrected chi connectivity index (χ2v) is 4.77. The van der Waals surface area contributed by atoms with E-state index in [1.807, 2.05) is 31.2 Å². The van der Waals surface area contributed by atoms with Crippen LogP contribution in [0, 0.1) is 0 Å². The molecule has 0 saturated heterocycles. The Labute approximate surface area is 128 Å². The highest BCUT2D eigenvalue weighted by Gasteiger charge is 2.06. The normalized spacial score (nSPS) is 11.1. The van der Waals surface area contributed by atoms with Gasteiger partial charge in [-0.25, -0.2) is 4.98 Å². The van der Waals surface area contributed by atoms with Crippen LogP contribution in [0.2, 0.25) is 5.15 Å². The molecule has 1 amide bonds. The van der Waals surface area contributed by atoms with Crippen LogP contribution in [0.4, 0.5) is 5.69 Å². The maximum Gasteiger partial charge on any atom is 0.248 e. The summed E-state index contributed by atoms with van der Waals surface area (Å²) in [7, 11) is 1.60. The van der Waals surface area contributed by atoms with Crippen molar-refractivity contribution in [2.45, 2.75) is 6.92 Å². The number of nitrogens with one attached hydrogen (secondary N) is 1. The first-order chi connectivity index (χ1) is 10.1. The monoisotopic (exact) mass is 302 g/mol. The Morgan fingerprint density at radius 3 is 2.71 bits per heavy atom. The molecule has 21 heavy (non-hydrogen) atoms. The van der Waals surface area contributed by atoms with Crippen LogP contribution < -0.4 is 10.1 Å². The molecule has 0 unspecified atom stereocenters. The summed E-state index contributed by atoms with van der Waals surface area (Å²) in [6.07, 6.45) is 3.03. The number of hydrogen-bond donors (Lipinski definition) is 1. The van der Waals surface area contributed by atoms with Gasteiger partial charge in [-0.1, -0.05) is 29.8 Å². The maximum absolute atomic E-state index is 12.0. The number of nitrogens with zero attached hydrogens (tertiary/aromatic N) is 1. The second kappa shape index (κ2) is 6.90. The third kappa shape index (κ3) is 4.07. The van der Waals surface area contributed by atoms with Gasteiger partial charge in [0.15, 0.2) is 0 Å². The molecule has 0 fully saturated rings. The highest BCUT2D eigenvalue weighted by molar-refractivity contribution is 6.29. The standard InChI is InChI=1S/C16H15ClN2O2/c1-11(13-5-3-4-6-14(13)21-2)9-16(20)19-12-7-8-15(17)18-10-12/h3-10H,1-2H3,(H,19,20). The average molecular weight is 303 g/mol. The minimum absolute atomic E-state index is 0.234. The van der Waals surface area contributed by atoms with Gasteiger partial charge in [0, 0.05) is 11.6 Å². The number of ether oxygens (including phenoxy) is 1. The number of benzene rings is 1. The maximum atomic E-state index is 12.0. The zero-order chi connectivity index (χ0) is 15.2. The fourth-order valence-corrected chi connectivity index (χ4v) is 1.98. The van der Waals surface area contributed by atoms with Crippen LogP contribution in [-0.2, 0) is 4.79 Å². The van der Waals surface area contributed by atoms with Gasteiger partial charge in [-0.15, -0.1) is 0 Å². The van der Waals surface area contributed by atoms with Crippen molar-refractivity contribution < 1.29 is 9.53 Å². The number of hydrogen-bond acceptors (Lipinski definition) is 3. The number of pyridine rings is 1. The van der Waals surface area contributed by atoms with Crippen molar-refractivity contribution in [3.05, 3.63) is 59.4 Å². The first kappa shape index (κ1) is 15.1. The fourth-order valence-electron chi connectivity index (χ4n) is 1.87. The minimum atomic E-state index is -0.234. The molecule has 0 atom stereocenters. The van der Waals surface area contributed by atoms with E-state index in [4.69, 9.17) is 16.3 Å². The van der Waals surface area contributed by atoms with E-state index in [2.05, 4.69) is 10.3 Å². The Morgan fingerprint density at radius 1 is 1.29 bits per heavy atom.